The molecule has 4 nitrogen and oxygen atoms in total. The van der Waals surface area contributed by atoms with Crippen molar-refractivity contribution in [3.63, 3.8) is 0 Å². The molecule has 28 heavy (non-hydrogen) atoms. The van der Waals surface area contributed by atoms with Gasteiger partial charge in [0.05, 0.1) is 6.61 Å². The molecule has 1 fully saturated rings. The summed E-state index contributed by atoms with van der Waals surface area (Å²) in [7, 11) is 0. The van der Waals surface area contributed by atoms with Crippen LogP contribution in [0.25, 0.3) is 0 Å². The minimum atomic E-state index is -0.466. The molecule has 0 bridgehead atoms. The number of unbranched alkanes of at least 4 members (excludes halogenated alkanes) is 12. The van der Waals surface area contributed by atoms with E-state index in [4.69, 9.17) is 14.2 Å². The molecular formula is C24H46O4. The van der Waals surface area contributed by atoms with Crippen LogP contribution in [0.3, 0.4) is 0 Å². The summed E-state index contributed by atoms with van der Waals surface area (Å²) in [6, 6.07) is 0. The van der Waals surface area contributed by atoms with Gasteiger partial charge in [0.1, 0.15) is 12.7 Å². The molecule has 0 radical (unpaired) electrons. The molecule has 0 aliphatic carbocycles. The number of esters is 1. The topological polar surface area (TPSA) is 44.8 Å². The Morgan fingerprint density at radius 2 is 1.32 bits per heavy atom. The number of rotatable bonds is 18. The molecule has 4 heteroatoms. The Bertz CT molecular complexity index is 379. The second-order valence-corrected chi connectivity index (χ2v) is 8.34. The molecular weight excluding hydrogens is 352 g/mol. The molecule has 166 valence electrons. The Morgan fingerprint density at radius 3 is 1.79 bits per heavy atom. The van der Waals surface area contributed by atoms with E-state index in [1.54, 1.807) is 0 Å². The number of hydrogen-bond acceptors (Lipinski definition) is 4. The summed E-state index contributed by atoms with van der Waals surface area (Å²) in [6.45, 7) is 7.23. The van der Waals surface area contributed by atoms with Crippen molar-refractivity contribution in [3.8, 4) is 0 Å². The van der Waals surface area contributed by atoms with Crippen LogP contribution in [-0.2, 0) is 19.0 Å². The fourth-order valence-corrected chi connectivity index (χ4v) is 3.86. The van der Waals surface area contributed by atoms with Crippen molar-refractivity contribution in [2.75, 3.05) is 13.2 Å². The molecule has 1 atom stereocenters. The third-order valence-corrected chi connectivity index (χ3v) is 5.91. The lowest BCUT2D eigenvalue weighted by Crippen LogP contribution is -2.30. The molecule has 0 aromatic carbocycles. The van der Waals surface area contributed by atoms with E-state index in [0.29, 0.717) is 19.6 Å². The van der Waals surface area contributed by atoms with Crippen LogP contribution in [0.15, 0.2) is 0 Å². The van der Waals surface area contributed by atoms with Crippen molar-refractivity contribution < 1.29 is 19.0 Å². The van der Waals surface area contributed by atoms with Gasteiger partial charge >= 0.3 is 5.97 Å². The Balaban J connectivity index is 1.86. The van der Waals surface area contributed by atoms with Gasteiger partial charge in [0.2, 0.25) is 0 Å². The number of carbonyl (C=O) groups excluding carboxylic acids is 1. The Labute approximate surface area is 174 Å². The molecule has 1 heterocycles. The lowest BCUT2D eigenvalue weighted by atomic mass is 10.0. The van der Waals surface area contributed by atoms with E-state index in [1.807, 2.05) is 0 Å². The zero-order valence-corrected chi connectivity index (χ0v) is 18.9. The highest BCUT2D eigenvalue weighted by Crippen LogP contribution is 2.30. The molecule has 0 saturated carbocycles. The van der Waals surface area contributed by atoms with Crippen LogP contribution in [0, 0.1) is 0 Å². The van der Waals surface area contributed by atoms with Crippen LogP contribution < -0.4 is 0 Å². The van der Waals surface area contributed by atoms with Crippen LogP contribution in [0.5, 0.6) is 0 Å². The van der Waals surface area contributed by atoms with Crippen molar-refractivity contribution in [2.24, 2.45) is 0 Å². The predicted molar refractivity (Wildman–Crippen MR) is 115 cm³/mol. The van der Waals surface area contributed by atoms with Crippen LogP contribution in [-0.4, -0.2) is 31.1 Å². The minimum Gasteiger partial charge on any atom is -0.463 e. The molecule has 1 aliphatic heterocycles. The molecule has 0 N–H and O–H groups in total. The number of hydrogen-bond donors (Lipinski definition) is 0. The molecule has 1 saturated heterocycles. The highest BCUT2D eigenvalue weighted by molar-refractivity contribution is 5.69. The largest absolute Gasteiger partial charge is 0.463 e. The molecule has 0 amide bonds. The van der Waals surface area contributed by atoms with Gasteiger partial charge in [-0.15, -0.1) is 0 Å². The first-order valence-electron chi connectivity index (χ1n) is 12.1. The highest BCUT2D eigenvalue weighted by atomic mass is 16.8. The summed E-state index contributed by atoms with van der Waals surface area (Å²) in [5.74, 6) is -0.566. The van der Waals surface area contributed by atoms with E-state index < -0.39 is 5.79 Å². The van der Waals surface area contributed by atoms with Crippen LogP contribution in [0.2, 0.25) is 0 Å². The van der Waals surface area contributed by atoms with Crippen molar-refractivity contribution in [1.82, 2.24) is 0 Å². The van der Waals surface area contributed by atoms with Crippen molar-refractivity contribution in [3.05, 3.63) is 0 Å². The standard InChI is InChI=1S/C24H46O4/c1-4-7-8-9-10-11-12-13-14-15-16-17-18-19-23(25)26-20-22-21-27-24(5-2,6-3)28-22/h22H,4-21H2,1-3H3. The first kappa shape index (κ1) is 25.4. The average molecular weight is 399 g/mol. The van der Waals surface area contributed by atoms with E-state index in [0.717, 1.165) is 25.7 Å². The van der Waals surface area contributed by atoms with Crippen molar-refractivity contribution in [2.45, 2.75) is 135 Å². The van der Waals surface area contributed by atoms with Gasteiger partial charge in [0.25, 0.3) is 0 Å². The van der Waals surface area contributed by atoms with Crippen molar-refractivity contribution >= 4 is 5.97 Å². The minimum absolute atomic E-state index is 0.0998. The SMILES string of the molecule is CCCCCCCCCCCCCCCC(=O)OCC1COC(CC)(CC)O1. The summed E-state index contributed by atoms with van der Waals surface area (Å²) in [5.41, 5.74) is 0. The van der Waals surface area contributed by atoms with E-state index in [1.165, 1.54) is 70.6 Å². The monoisotopic (exact) mass is 398 g/mol. The Kier molecular flexibility index (Phi) is 14.7. The smallest absolute Gasteiger partial charge is 0.305 e. The molecule has 1 aliphatic rings. The quantitative estimate of drug-likeness (QED) is 0.185. The van der Waals surface area contributed by atoms with Crippen LogP contribution in [0.4, 0.5) is 0 Å². The summed E-state index contributed by atoms with van der Waals surface area (Å²) in [5, 5.41) is 0. The fraction of sp³-hybridized carbons (Fsp3) is 0.958. The predicted octanol–water partition coefficient (Wildman–Crippen LogP) is 6.94. The van der Waals surface area contributed by atoms with E-state index in [2.05, 4.69) is 20.8 Å². The normalized spacial score (nSPS) is 18.5. The van der Waals surface area contributed by atoms with Gasteiger partial charge in [-0.25, -0.2) is 0 Å². The summed E-state index contributed by atoms with van der Waals surface area (Å²) in [4.78, 5) is 11.9. The lowest BCUT2D eigenvalue weighted by molar-refractivity contribution is -0.179. The average Bonchev–Trinajstić information content (AvgIpc) is 3.14. The van der Waals surface area contributed by atoms with Gasteiger partial charge in [0.15, 0.2) is 5.79 Å². The van der Waals surface area contributed by atoms with Gasteiger partial charge in [0, 0.05) is 6.42 Å². The third kappa shape index (κ3) is 11.4. The summed E-state index contributed by atoms with van der Waals surface area (Å²) >= 11 is 0. The van der Waals surface area contributed by atoms with Crippen LogP contribution >= 0.6 is 0 Å². The zero-order valence-electron chi connectivity index (χ0n) is 18.9. The molecule has 1 rings (SSSR count). The maximum Gasteiger partial charge on any atom is 0.305 e. The lowest BCUT2D eigenvalue weighted by Gasteiger charge is -2.24. The zero-order chi connectivity index (χ0) is 20.5. The first-order valence-corrected chi connectivity index (χ1v) is 12.1. The summed E-state index contributed by atoms with van der Waals surface area (Å²) in [6.07, 6.45) is 19.2. The highest BCUT2D eigenvalue weighted by Gasteiger charge is 2.38. The van der Waals surface area contributed by atoms with E-state index in [-0.39, 0.29) is 12.1 Å². The fourth-order valence-electron chi connectivity index (χ4n) is 3.86. The second-order valence-electron chi connectivity index (χ2n) is 8.34. The van der Waals surface area contributed by atoms with Gasteiger partial charge in [-0.3, -0.25) is 4.79 Å². The van der Waals surface area contributed by atoms with Crippen molar-refractivity contribution in [1.29, 1.82) is 0 Å². The van der Waals surface area contributed by atoms with Crippen LogP contribution in [0.1, 0.15) is 124 Å². The molecule has 0 aromatic rings. The molecule has 1 unspecified atom stereocenters. The maximum atomic E-state index is 11.9. The number of ether oxygens (including phenoxy) is 3. The number of carbonyl (C=O) groups is 1. The molecule has 0 spiro atoms. The first-order chi connectivity index (χ1) is 13.7. The van der Waals surface area contributed by atoms with Gasteiger partial charge < -0.3 is 14.2 Å². The van der Waals surface area contributed by atoms with Gasteiger partial charge in [-0.05, 0) is 19.3 Å². The second kappa shape index (κ2) is 16.2. The third-order valence-electron chi connectivity index (χ3n) is 5.91. The van der Waals surface area contributed by atoms with Gasteiger partial charge in [-0.2, -0.15) is 0 Å². The Morgan fingerprint density at radius 1 is 0.821 bits per heavy atom. The van der Waals surface area contributed by atoms with E-state index in [9.17, 15) is 4.79 Å². The van der Waals surface area contributed by atoms with E-state index >= 15 is 0 Å². The Hall–Kier alpha value is -0.610. The van der Waals surface area contributed by atoms with Gasteiger partial charge in [-0.1, -0.05) is 97.8 Å². The molecule has 0 aromatic heterocycles. The summed E-state index contributed by atoms with van der Waals surface area (Å²) < 4.78 is 17.0. The maximum absolute atomic E-state index is 11.9.